The van der Waals surface area contributed by atoms with E-state index in [0.717, 1.165) is 19.3 Å². The normalized spacial score (nSPS) is 23.6. The molecular weight excluding hydrogens is 539 g/mol. The molecule has 1 N–H and O–H groups in total. The smallest absolute Gasteiger partial charge is 0.338 e. The van der Waals surface area contributed by atoms with Crippen molar-refractivity contribution in [2.45, 2.75) is 51.0 Å². The summed E-state index contributed by atoms with van der Waals surface area (Å²) < 4.78 is 48.0. The fourth-order valence-electron chi connectivity index (χ4n) is 5.60. The minimum atomic E-state index is -3.82. The van der Waals surface area contributed by atoms with E-state index in [0.29, 0.717) is 11.0 Å². The molecule has 1 aliphatic carbocycles. The van der Waals surface area contributed by atoms with Crippen LogP contribution in [0.3, 0.4) is 0 Å². The van der Waals surface area contributed by atoms with Gasteiger partial charge in [0.25, 0.3) is 5.91 Å². The first-order valence-corrected chi connectivity index (χ1v) is 13.6. The zero-order valence-corrected chi connectivity index (χ0v) is 22.2. The van der Waals surface area contributed by atoms with Gasteiger partial charge < -0.3 is 10.1 Å². The topological polar surface area (TPSA) is 92.8 Å². The molecule has 2 fully saturated rings. The highest BCUT2D eigenvalue weighted by Gasteiger charge is 2.53. The summed E-state index contributed by atoms with van der Waals surface area (Å²) in [7, 11) is -3.82. The molecule has 2 bridgehead atoms. The number of hydrogen-bond donors (Lipinski definition) is 1. The predicted molar refractivity (Wildman–Crippen MR) is 133 cm³/mol. The standard InChI is InChI=1S/C25H28BrFN2O5S/c1-24(2)11-18-12-25(3,14-24)15-29(18)35(32,33)19-6-4-5-16(9-19)23(31)34-13-22(30)28-21-8-7-17(26)10-20(21)27/h4-10,18H,11-15H2,1-3H3,(H,28,30)/t18-,25+/m1/s1. The number of ether oxygens (including phenoxy) is 1. The molecule has 2 atom stereocenters. The SMILES string of the molecule is CC1(C)C[C@@H]2C[C@](C)(CN2S(=O)(=O)c2cccc(C(=O)OCC(=O)Nc3ccc(Br)cc3F)c2)C1. The molecule has 2 aromatic rings. The molecule has 10 heteroatoms. The van der Waals surface area contributed by atoms with Crippen molar-refractivity contribution in [2.75, 3.05) is 18.5 Å². The van der Waals surface area contributed by atoms with Gasteiger partial charge in [-0.05, 0) is 66.5 Å². The fraction of sp³-hybridized carbons (Fsp3) is 0.440. The lowest BCUT2D eigenvalue weighted by atomic mass is 9.65. The lowest BCUT2D eigenvalue weighted by Crippen LogP contribution is -2.37. The number of carbonyl (C=O) groups excluding carboxylic acids is 2. The fourth-order valence-corrected chi connectivity index (χ4v) is 7.75. The molecule has 1 amide bonds. The maximum absolute atomic E-state index is 13.9. The third-order valence-electron chi connectivity index (χ3n) is 6.58. The van der Waals surface area contributed by atoms with Crippen LogP contribution in [0.4, 0.5) is 10.1 Å². The minimum absolute atomic E-state index is 0.0160. The van der Waals surface area contributed by atoms with Gasteiger partial charge in [0.15, 0.2) is 6.61 Å². The summed E-state index contributed by atoms with van der Waals surface area (Å²) in [6.45, 7) is 6.28. The summed E-state index contributed by atoms with van der Waals surface area (Å²) in [5.74, 6) is -2.20. The highest BCUT2D eigenvalue weighted by Crippen LogP contribution is 2.53. The first-order chi connectivity index (χ1) is 16.3. The lowest BCUT2D eigenvalue weighted by molar-refractivity contribution is -0.119. The number of nitrogens with zero attached hydrogens (tertiary/aromatic N) is 1. The predicted octanol–water partition coefficient (Wildman–Crippen LogP) is 4.97. The van der Waals surface area contributed by atoms with Crippen molar-refractivity contribution in [2.24, 2.45) is 10.8 Å². The Morgan fingerprint density at radius 2 is 1.91 bits per heavy atom. The Morgan fingerprint density at radius 3 is 2.63 bits per heavy atom. The van der Waals surface area contributed by atoms with E-state index in [1.807, 2.05) is 0 Å². The van der Waals surface area contributed by atoms with Crippen LogP contribution in [-0.2, 0) is 19.6 Å². The molecule has 0 radical (unpaired) electrons. The Morgan fingerprint density at radius 1 is 1.17 bits per heavy atom. The molecule has 1 aliphatic heterocycles. The number of nitrogens with one attached hydrogen (secondary N) is 1. The van der Waals surface area contributed by atoms with Gasteiger partial charge in [0.05, 0.1) is 16.1 Å². The van der Waals surface area contributed by atoms with Gasteiger partial charge in [0, 0.05) is 17.1 Å². The van der Waals surface area contributed by atoms with Crippen molar-refractivity contribution in [3.05, 3.63) is 58.3 Å². The molecule has 2 aromatic carbocycles. The Bertz CT molecular complexity index is 1280. The lowest BCUT2D eigenvalue weighted by Gasteiger charge is -2.39. The first-order valence-electron chi connectivity index (χ1n) is 11.3. The second-order valence-corrected chi connectivity index (χ2v) is 13.3. The number of hydrogen-bond acceptors (Lipinski definition) is 5. The molecule has 0 aromatic heterocycles. The number of carbonyl (C=O) groups is 2. The quantitative estimate of drug-likeness (QED) is 0.498. The molecule has 0 spiro atoms. The van der Waals surface area contributed by atoms with E-state index in [4.69, 9.17) is 4.74 Å². The molecule has 35 heavy (non-hydrogen) atoms. The second-order valence-electron chi connectivity index (χ2n) is 10.5. The van der Waals surface area contributed by atoms with Crippen molar-refractivity contribution in [3.63, 3.8) is 0 Å². The van der Waals surface area contributed by atoms with Crippen LogP contribution in [0, 0.1) is 16.6 Å². The van der Waals surface area contributed by atoms with E-state index in [9.17, 15) is 22.4 Å². The van der Waals surface area contributed by atoms with E-state index in [1.165, 1.54) is 36.4 Å². The van der Waals surface area contributed by atoms with E-state index in [-0.39, 0.29) is 33.0 Å². The van der Waals surface area contributed by atoms with Crippen LogP contribution in [0.2, 0.25) is 0 Å². The van der Waals surface area contributed by atoms with E-state index >= 15 is 0 Å². The molecule has 1 saturated carbocycles. The molecule has 4 rings (SSSR count). The van der Waals surface area contributed by atoms with Crippen molar-refractivity contribution in [1.29, 1.82) is 0 Å². The number of amides is 1. The van der Waals surface area contributed by atoms with E-state index < -0.39 is 34.3 Å². The molecular formula is C25H28BrFN2O5S. The van der Waals surface area contributed by atoms with Crippen molar-refractivity contribution < 1.29 is 27.1 Å². The zero-order valence-electron chi connectivity index (χ0n) is 19.8. The van der Waals surface area contributed by atoms with Gasteiger partial charge in [-0.1, -0.05) is 42.8 Å². The monoisotopic (exact) mass is 566 g/mol. The number of halogens is 2. The molecule has 2 aliphatic rings. The minimum Gasteiger partial charge on any atom is -0.452 e. The molecule has 1 saturated heterocycles. The van der Waals surface area contributed by atoms with E-state index in [2.05, 4.69) is 42.0 Å². The third-order valence-corrected chi connectivity index (χ3v) is 8.97. The number of anilines is 1. The highest BCUT2D eigenvalue weighted by molar-refractivity contribution is 9.10. The summed E-state index contributed by atoms with van der Waals surface area (Å²) in [4.78, 5) is 24.7. The maximum atomic E-state index is 13.9. The number of fused-ring (bicyclic) bond motifs is 2. The summed E-state index contributed by atoms with van der Waals surface area (Å²) in [6.07, 6.45) is 2.57. The van der Waals surface area contributed by atoms with Gasteiger partial charge in [-0.15, -0.1) is 0 Å². The Labute approximate surface area is 213 Å². The average Bonchev–Trinajstić information content (AvgIpc) is 3.03. The Kier molecular flexibility index (Phi) is 6.85. The summed E-state index contributed by atoms with van der Waals surface area (Å²) >= 11 is 3.13. The summed E-state index contributed by atoms with van der Waals surface area (Å²) in [5.41, 5.74) is -0.0390. The van der Waals surface area contributed by atoms with Crippen LogP contribution >= 0.6 is 15.9 Å². The second kappa shape index (κ2) is 9.29. The number of benzene rings is 2. The van der Waals surface area contributed by atoms with Crippen LogP contribution in [0.5, 0.6) is 0 Å². The van der Waals surface area contributed by atoms with E-state index in [1.54, 1.807) is 10.4 Å². The van der Waals surface area contributed by atoms with Gasteiger partial charge in [-0.25, -0.2) is 17.6 Å². The van der Waals surface area contributed by atoms with Crippen molar-refractivity contribution in [1.82, 2.24) is 4.31 Å². The number of sulfonamides is 1. The molecule has 188 valence electrons. The van der Waals surface area contributed by atoms with Gasteiger partial charge in [-0.3, -0.25) is 4.79 Å². The largest absolute Gasteiger partial charge is 0.452 e. The summed E-state index contributed by atoms with van der Waals surface area (Å²) in [6, 6.07) is 9.71. The maximum Gasteiger partial charge on any atom is 0.338 e. The average molecular weight is 567 g/mol. The number of esters is 1. The van der Waals surface area contributed by atoms with Crippen LogP contribution in [-0.4, -0.2) is 43.8 Å². The van der Waals surface area contributed by atoms with Crippen LogP contribution < -0.4 is 5.32 Å². The van der Waals surface area contributed by atoms with Crippen molar-refractivity contribution >= 4 is 43.5 Å². The Hall–Kier alpha value is -2.30. The third kappa shape index (κ3) is 5.59. The van der Waals surface area contributed by atoms with Gasteiger partial charge in [0.1, 0.15) is 5.82 Å². The molecule has 1 heterocycles. The summed E-state index contributed by atoms with van der Waals surface area (Å²) in [5, 5.41) is 2.33. The zero-order chi connectivity index (χ0) is 25.6. The van der Waals surface area contributed by atoms with Gasteiger partial charge in [-0.2, -0.15) is 4.31 Å². The van der Waals surface area contributed by atoms with Gasteiger partial charge in [0.2, 0.25) is 10.0 Å². The first kappa shape index (κ1) is 25.8. The van der Waals surface area contributed by atoms with Crippen LogP contribution in [0.1, 0.15) is 50.4 Å². The number of rotatable bonds is 6. The van der Waals surface area contributed by atoms with Crippen LogP contribution in [0.25, 0.3) is 0 Å². The van der Waals surface area contributed by atoms with Crippen molar-refractivity contribution in [3.8, 4) is 0 Å². The Balaban J connectivity index is 1.44. The van der Waals surface area contributed by atoms with Crippen LogP contribution in [0.15, 0.2) is 51.8 Å². The van der Waals surface area contributed by atoms with Gasteiger partial charge >= 0.3 is 5.97 Å². The molecule has 7 nitrogen and oxygen atoms in total. The molecule has 0 unspecified atom stereocenters. The highest BCUT2D eigenvalue weighted by atomic mass is 79.9.